The number of amides is 2. The number of rotatable bonds is 9. The van der Waals surface area contributed by atoms with Gasteiger partial charge < -0.3 is 24.6 Å². The highest BCUT2D eigenvalue weighted by Gasteiger charge is 2.27. The van der Waals surface area contributed by atoms with Crippen LogP contribution < -0.4 is 19.7 Å². The molecule has 0 heterocycles. The zero-order valence-electron chi connectivity index (χ0n) is 19.5. The minimum Gasteiger partial charge on any atom is -0.493 e. The fourth-order valence-corrected chi connectivity index (χ4v) is 3.34. The summed E-state index contributed by atoms with van der Waals surface area (Å²) in [7, 11) is 6.84. The Morgan fingerprint density at radius 1 is 1.06 bits per heavy atom. The van der Waals surface area contributed by atoms with Gasteiger partial charge in [-0.05, 0) is 50.6 Å². The molecule has 2 N–H and O–H groups in total. The molecule has 2 aromatic rings. The molecule has 2 atom stereocenters. The first kappa shape index (κ1) is 24.2. The molecule has 0 saturated carbocycles. The Bertz CT molecular complexity index is 912. The van der Waals surface area contributed by atoms with Crippen molar-refractivity contribution >= 4 is 17.5 Å². The van der Waals surface area contributed by atoms with Crippen molar-refractivity contribution in [2.24, 2.45) is 0 Å². The summed E-state index contributed by atoms with van der Waals surface area (Å²) in [5, 5.41) is 2.83. The molecule has 0 fully saturated rings. The molecule has 0 aliphatic carbocycles. The second-order valence-corrected chi connectivity index (χ2v) is 7.99. The van der Waals surface area contributed by atoms with Crippen molar-refractivity contribution in [3.8, 4) is 11.5 Å². The van der Waals surface area contributed by atoms with E-state index in [1.165, 1.54) is 4.90 Å². The minimum atomic E-state index is -0.315. The van der Waals surface area contributed by atoms with E-state index in [2.05, 4.69) is 5.32 Å². The molecule has 2 rings (SSSR count). The monoisotopic (exact) mass is 428 g/mol. The van der Waals surface area contributed by atoms with Crippen molar-refractivity contribution in [3.05, 3.63) is 53.1 Å². The average Bonchev–Trinajstić information content (AvgIpc) is 2.75. The van der Waals surface area contributed by atoms with E-state index in [0.717, 1.165) is 27.3 Å². The second-order valence-electron chi connectivity index (χ2n) is 7.99. The van der Waals surface area contributed by atoms with Gasteiger partial charge in [0.15, 0.2) is 17.5 Å². The van der Waals surface area contributed by atoms with Gasteiger partial charge >= 0.3 is 0 Å². The van der Waals surface area contributed by atoms with E-state index in [1.54, 1.807) is 21.3 Å². The Balaban J connectivity index is 1.98. The Morgan fingerprint density at radius 2 is 1.65 bits per heavy atom. The number of ether oxygens (including phenoxy) is 2. The fraction of sp³-hybridized carbons (Fsp3) is 0.417. The van der Waals surface area contributed by atoms with Gasteiger partial charge in [-0.2, -0.15) is 0 Å². The molecule has 0 aliphatic heterocycles. The zero-order valence-corrected chi connectivity index (χ0v) is 19.5. The van der Waals surface area contributed by atoms with Gasteiger partial charge in [0.1, 0.15) is 6.54 Å². The van der Waals surface area contributed by atoms with Crippen LogP contribution in [0.4, 0.5) is 5.69 Å². The maximum absolute atomic E-state index is 12.9. The molecule has 0 aliphatic rings. The summed E-state index contributed by atoms with van der Waals surface area (Å²) < 4.78 is 10.8. The zero-order chi connectivity index (χ0) is 23.1. The molecular weight excluding hydrogens is 394 g/mol. The summed E-state index contributed by atoms with van der Waals surface area (Å²) in [4.78, 5) is 27.7. The molecule has 0 spiro atoms. The van der Waals surface area contributed by atoms with Crippen LogP contribution in [-0.2, 0) is 16.1 Å². The van der Waals surface area contributed by atoms with Gasteiger partial charge in [0.25, 0.3) is 5.91 Å². The van der Waals surface area contributed by atoms with Crippen LogP contribution in [0.5, 0.6) is 11.5 Å². The normalized spacial score (nSPS) is 12.6. The van der Waals surface area contributed by atoms with Crippen LogP contribution in [0.2, 0.25) is 0 Å². The quantitative estimate of drug-likeness (QED) is 0.639. The van der Waals surface area contributed by atoms with Crippen LogP contribution in [0.25, 0.3) is 0 Å². The number of hydrogen-bond acceptors (Lipinski definition) is 4. The van der Waals surface area contributed by atoms with Crippen molar-refractivity contribution in [3.63, 3.8) is 0 Å². The smallest absolute Gasteiger partial charge is 0.280 e. The van der Waals surface area contributed by atoms with E-state index < -0.39 is 0 Å². The minimum absolute atomic E-state index is 0.000282. The van der Waals surface area contributed by atoms with Gasteiger partial charge in [-0.15, -0.1) is 0 Å². The largest absolute Gasteiger partial charge is 0.493 e. The number of carbonyl (C=O) groups is 2. The van der Waals surface area contributed by atoms with Gasteiger partial charge in [0.05, 0.1) is 27.8 Å². The summed E-state index contributed by atoms with van der Waals surface area (Å²) in [6.45, 7) is 6.52. The van der Waals surface area contributed by atoms with Crippen LogP contribution in [0.1, 0.15) is 23.6 Å². The Labute approximate surface area is 184 Å². The van der Waals surface area contributed by atoms with E-state index in [4.69, 9.17) is 9.47 Å². The molecule has 7 nitrogen and oxygen atoms in total. The van der Waals surface area contributed by atoms with E-state index in [0.29, 0.717) is 18.0 Å². The van der Waals surface area contributed by atoms with Crippen molar-refractivity contribution in [2.45, 2.75) is 33.4 Å². The molecule has 31 heavy (non-hydrogen) atoms. The number of benzene rings is 2. The summed E-state index contributed by atoms with van der Waals surface area (Å²) in [6.07, 6.45) is 0. The second kappa shape index (κ2) is 10.8. The van der Waals surface area contributed by atoms with E-state index in [9.17, 15) is 9.59 Å². The number of likely N-dealkylation sites (N-methyl/N-ethyl adjacent to an activating group) is 2. The molecule has 0 radical (unpaired) electrons. The highest BCUT2D eigenvalue weighted by molar-refractivity contribution is 5.94. The fourth-order valence-electron chi connectivity index (χ4n) is 3.34. The molecule has 0 aromatic heterocycles. The molecule has 2 amide bonds. The molecule has 2 aromatic carbocycles. The van der Waals surface area contributed by atoms with Crippen LogP contribution in [0.3, 0.4) is 0 Å². The van der Waals surface area contributed by atoms with Crippen molar-refractivity contribution in [1.82, 2.24) is 4.90 Å². The third kappa shape index (κ3) is 6.46. The highest BCUT2D eigenvalue weighted by Crippen LogP contribution is 2.29. The van der Waals surface area contributed by atoms with Crippen LogP contribution in [0.15, 0.2) is 36.4 Å². The van der Waals surface area contributed by atoms with E-state index in [1.807, 2.05) is 64.2 Å². The van der Waals surface area contributed by atoms with Gasteiger partial charge in [-0.3, -0.25) is 9.59 Å². The molecule has 168 valence electrons. The van der Waals surface area contributed by atoms with E-state index in [-0.39, 0.29) is 24.4 Å². The summed E-state index contributed by atoms with van der Waals surface area (Å²) in [5.41, 5.74) is 3.99. The van der Waals surface area contributed by atoms with Crippen molar-refractivity contribution < 1.29 is 24.0 Å². The predicted molar refractivity (Wildman–Crippen MR) is 122 cm³/mol. The molecular formula is C24H34N3O4+. The van der Waals surface area contributed by atoms with Gasteiger partial charge in [-0.25, -0.2) is 0 Å². The molecule has 7 heteroatoms. The summed E-state index contributed by atoms with van der Waals surface area (Å²) in [5.74, 6) is 1.04. The average molecular weight is 429 g/mol. The van der Waals surface area contributed by atoms with Crippen molar-refractivity contribution in [2.75, 3.05) is 40.2 Å². The standard InChI is InChI=1S/C24H33N3O4/c1-16-8-10-20(11-9-16)25-23(28)15-27(5)24(29)18(3)26(4)14-19-13-22(31-7)21(30-6)12-17(19)2/h8-13,18H,14-15H2,1-7H3,(H,25,28)/p+1/t18-/m1/s1. The van der Waals surface area contributed by atoms with Gasteiger partial charge in [0, 0.05) is 18.3 Å². The third-order valence-electron chi connectivity index (χ3n) is 5.51. The molecule has 0 bridgehead atoms. The van der Waals surface area contributed by atoms with Crippen LogP contribution in [0, 0.1) is 13.8 Å². The maximum Gasteiger partial charge on any atom is 0.280 e. The topological polar surface area (TPSA) is 72.3 Å². The number of nitrogens with one attached hydrogen (secondary N) is 2. The first-order valence-electron chi connectivity index (χ1n) is 10.3. The molecule has 0 saturated heterocycles. The first-order valence-corrected chi connectivity index (χ1v) is 10.3. The Hall–Kier alpha value is -3.06. The number of methoxy groups -OCH3 is 2. The summed E-state index contributed by atoms with van der Waals surface area (Å²) >= 11 is 0. The lowest BCUT2D eigenvalue weighted by Crippen LogP contribution is -3.12. The number of anilines is 1. The summed E-state index contributed by atoms with van der Waals surface area (Å²) in [6, 6.07) is 11.1. The molecule has 1 unspecified atom stereocenters. The number of carbonyl (C=O) groups excluding carboxylic acids is 2. The number of nitrogens with zero attached hydrogens (tertiary/aromatic N) is 1. The highest BCUT2D eigenvalue weighted by atomic mass is 16.5. The maximum atomic E-state index is 12.9. The lowest BCUT2D eigenvalue weighted by Gasteiger charge is -2.26. The first-order chi connectivity index (χ1) is 14.7. The van der Waals surface area contributed by atoms with Crippen LogP contribution >= 0.6 is 0 Å². The van der Waals surface area contributed by atoms with Crippen LogP contribution in [-0.4, -0.2) is 57.6 Å². The lowest BCUT2D eigenvalue weighted by molar-refractivity contribution is -0.908. The predicted octanol–water partition coefficient (Wildman–Crippen LogP) is 1.82. The Kier molecular flexibility index (Phi) is 8.45. The number of aryl methyl sites for hydroxylation is 2. The van der Waals surface area contributed by atoms with Gasteiger partial charge in [-0.1, -0.05) is 17.7 Å². The number of hydrogen-bond donors (Lipinski definition) is 2. The lowest BCUT2D eigenvalue weighted by atomic mass is 10.1. The third-order valence-corrected chi connectivity index (χ3v) is 5.51. The SMILES string of the molecule is COc1cc(C)c(C[NH+](C)[C@H](C)C(=O)N(C)CC(=O)Nc2ccc(C)cc2)cc1OC. The Morgan fingerprint density at radius 3 is 2.23 bits per heavy atom. The number of quaternary nitrogens is 1. The van der Waals surface area contributed by atoms with Gasteiger partial charge in [0.2, 0.25) is 5.91 Å². The van der Waals surface area contributed by atoms with Crippen molar-refractivity contribution in [1.29, 1.82) is 0 Å². The van der Waals surface area contributed by atoms with E-state index >= 15 is 0 Å².